The van der Waals surface area contributed by atoms with Gasteiger partial charge < -0.3 is 15.2 Å². The molecule has 0 spiro atoms. The Balaban J connectivity index is 1.82. The topological polar surface area (TPSA) is 75.6 Å². The van der Waals surface area contributed by atoms with Gasteiger partial charge >= 0.3 is 5.97 Å². The summed E-state index contributed by atoms with van der Waals surface area (Å²) >= 11 is 12.0. The standard InChI is InChI=1S/C19H19Cl2NO4/c20-15-5-4-14(17(21)11-15)12-26-16-3-1-2-13(10-16)8-9-22-18(23)6-7-19(24)25/h1-5,10-11H,6-9,12H2,(H,22,23)(H,24,25). The molecular weight excluding hydrogens is 377 g/mol. The zero-order valence-electron chi connectivity index (χ0n) is 14.0. The van der Waals surface area contributed by atoms with E-state index in [0.717, 1.165) is 11.1 Å². The van der Waals surface area contributed by atoms with E-state index < -0.39 is 5.97 Å². The maximum atomic E-state index is 11.5. The number of carboxylic acid groups (broad SMARTS) is 1. The van der Waals surface area contributed by atoms with Gasteiger partial charge in [0.25, 0.3) is 0 Å². The monoisotopic (exact) mass is 395 g/mol. The molecule has 1 amide bonds. The van der Waals surface area contributed by atoms with Crippen LogP contribution in [0.4, 0.5) is 0 Å². The van der Waals surface area contributed by atoms with Gasteiger partial charge in [0.05, 0.1) is 6.42 Å². The molecule has 138 valence electrons. The summed E-state index contributed by atoms with van der Waals surface area (Å²) in [5.41, 5.74) is 1.84. The lowest BCUT2D eigenvalue weighted by molar-refractivity contribution is -0.138. The van der Waals surface area contributed by atoms with Crippen molar-refractivity contribution in [3.63, 3.8) is 0 Å². The van der Waals surface area contributed by atoms with Gasteiger partial charge in [0.1, 0.15) is 12.4 Å². The van der Waals surface area contributed by atoms with Crippen molar-refractivity contribution in [2.75, 3.05) is 6.54 Å². The van der Waals surface area contributed by atoms with Crippen LogP contribution < -0.4 is 10.1 Å². The number of halogens is 2. The molecule has 0 atom stereocenters. The molecule has 26 heavy (non-hydrogen) atoms. The Bertz CT molecular complexity index is 780. The Labute approximate surface area is 161 Å². The molecule has 0 aromatic heterocycles. The number of amides is 1. The zero-order valence-corrected chi connectivity index (χ0v) is 15.5. The van der Waals surface area contributed by atoms with Gasteiger partial charge in [0.15, 0.2) is 0 Å². The fourth-order valence-electron chi connectivity index (χ4n) is 2.25. The molecule has 7 heteroatoms. The molecule has 0 bridgehead atoms. The van der Waals surface area contributed by atoms with Crippen molar-refractivity contribution in [2.24, 2.45) is 0 Å². The highest BCUT2D eigenvalue weighted by Gasteiger charge is 2.06. The zero-order chi connectivity index (χ0) is 18.9. The molecule has 2 aromatic carbocycles. The van der Waals surface area contributed by atoms with Gasteiger partial charge in [-0.2, -0.15) is 0 Å². The molecule has 0 unspecified atom stereocenters. The van der Waals surface area contributed by atoms with Crippen molar-refractivity contribution in [1.29, 1.82) is 0 Å². The van der Waals surface area contributed by atoms with Crippen LogP contribution in [0.3, 0.4) is 0 Å². The van der Waals surface area contributed by atoms with Gasteiger partial charge in [0, 0.05) is 28.6 Å². The van der Waals surface area contributed by atoms with Crippen molar-refractivity contribution in [1.82, 2.24) is 5.32 Å². The third-order valence-corrected chi connectivity index (χ3v) is 4.20. The van der Waals surface area contributed by atoms with Crippen molar-refractivity contribution in [3.8, 4) is 5.75 Å². The number of hydrogen-bond acceptors (Lipinski definition) is 3. The maximum Gasteiger partial charge on any atom is 0.303 e. The summed E-state index contributed by atoms with van der Waals surface area (Å²) in [6.07, 6.45) is 0.445. The summed E-state index contributed by atoms with van der Waals surface area (Å²) in [6.45, 7) is 0.760. The quantitative estimate of drug-likeness (QED) is 0.669. The number of ether oxygens (including phenoxy) is 1. The molecule has 0 heterocycles. The highest BCUT2D eigenvalue weighted by atomic mass is 35.5. The minimum absolute atomic E-state index is 0.0136. The van der Waals surface area contributed by atoms with Crippen LogP contribution in [0.1, 0.15) is 24.0 Å². The average Bonchev–Trinajstić information content (AvgIpc) is 2.59. The predicted octanol–water partition coefficient (Wildman–Crippen LogP) is 4.10. The fraction of sp³-hybridized carbons (Fsp3) is 0.263. The van der Waals surface area contributed by atoms with Crippen molar-refractivity contribution < 1.29 is 19.4 Å². The molecule has 0 saturated carbocycles. The number of hydrogen-bond donors (Lipinski definition) is 2. The Morgan fingerprint density at radius 3 is 2.62 bits per heavy atom. The third kappa shape index (κ3) is 6.94. The second-order valence-corrected chi connectivity index (χ2v) is 6.51. The number of nitrogens with one attached hydrogen (secondary N) is 1. The lowest BCUT2D eigenvalue weighted by atomic mass is 10.1. The second-order valence-electron chi connectivity index (χ2n) is 5.67. The van der Waals surface area contributed by atoms with Crippen LogP contribution in [0, 0.1) is 0 Å². The SMILES string of the molecule is O=C(O)CCC(=O)NCCc1cccc(OCc2ccc(Cl)cc2Cl)c1. The van der Waals surface area contributed by atoms with E-state index in [4.69, 9.17) is 33.0 Å². The lowest BCUT2D eigenvalue weighted by Gasteiger charge is -2.10. The van der Waals surface area contributed by atoms with Crippen LogP contribution in [-0.4, -0.2) is 23.5 Å². The number of rotatable bonds is 9. The smallest absolute Gasteiger partial charge is 0.303 e. The summed E-state index contributed by atoms with van der Waals surface area (Å²) < 4.78 is 5.77. The number of aliphatic carboxylic acids is 1. The minimum Gasteiger partial charge on any atom is -0.489 e. The second kappa shape index (κ2) is 10.0. The van der Waals surface area contributed by atoms with Gasteiger partial charge in [-0.25, -0.2) is 0 Å². The van der Waals surface area contributed by atoms with Gasteiger partial charge in [-0.3, -0.25) is 9.59 Å². The van der Waals surface area contributed by atoms with Gasteiger partial charge in [-0.1, -0.05) is 41.4 Å². The van der Waals surface area contributed by atoms with Crippen molar-refractivity contribution >= 4 is 35.1 Å². The first-order valence-corrected chi connectivity index (χ1v) is 8.84. The average molecular weight is 396 g/mol. The number of benzene rings is 2. The number of carboxylic acids is 1. The predicted molar refractivity (Wildman–Crippen MR) is 101 cm³/mol. The van der Waals surface area contributed by atoms with Crippen LogP contribution in [0.25, 0.3) is 0 Å². The van der Waals surface area contributed by atoms with Crippen LogP contribution in [0.5, 0.6) is 5.75 Å². The molecule has 0 radical (unpaired) electrons. The third-order valence-electron chi connectivity index (χ3n) is 3.61. The summed E-state index contributed by atoms with van der Waals surface area (Å²) in [6, 6.07) is 12.8. The van der Waals surface area contributed by atoms with Gasteiger partial charge in [0.2, 0.25) is 5.91 Å². The van der Waals surface area contributed by atoms with E-state index in [0.29, 0.717) is 35.4 Å². The van der Waals surface area contributed by atoms with Gasteiger partial charge in [-0.15, -0.1) is 0 Å². The Hall–Kier alpha value is -2.24. The first kappa shape index (κ1) is 20.1. The van der Waals surface area contributed by atoms with Gasteiger partial charge in [-0.05, 0) is 36.2 Å². The van der Waals surface area contributed by atoms with E-state index in [2.05, 4.69) is 5.32 Å². The Morgan fingerprint density at radius 1 is 1.08 bits per heavy atom. The Morgan fingerprint density at radius 2 is 1.88 bits per heavy atom. The van der Waals surface area contributed by atoms with E-state index in [1.54, 1.807) is 12.1 Å². The molecule has 0 saturated heterocycles. The molecule has 2 aromatic rings. The van der Waals surface area contributed by atoms with Crippen molar-refractivity contribution in [2.45, 2.75) is 25.9 Å². The van der Waals surface area contributed by atoms with Crippen LogP contribution in [0.2, 0.25) is 10.0 Å². The first-order valence-electron chi connectivity index (χ1n) is 8.08. The highest BCUT2D eigenvalue weighted by molar-refractivity contribution is 6.35. The molecule has 5 nitrogen and oxygen atoms in total. The molecule has 0 aliphatic rings. The van der Waals surface area contributed by atoms with Crippen LogP contribution >= 0.6 is 23.2 Å². The minimum atomic E-state index is -0.981. The summed E-state index contributed by atoms with van der Waals surface area (Å²) in [5, 5.41) is 12.4. The normalized spacial score (nSPS) is 10.4. The van der Waals surface area contributed by atoms with E-state index in [1.165, 1.54) is 0 Å². The summed E-state index contributed by atoms with van der Waals surface area (Å²) in [7, 11) is 0. The molecule has 2 N–H and O–H groups in total. The first-order chi connectivity index (χ1) is 12.4. The van der Waals surface area contributed by atoms with Crippen LogP contribution in [0.15, 0.2) is 42.5 Å². The molecule has 0 fully saturated rings. The molecular formula is C19H19Cl2NO4. The lowest BCUT2D eigenvalue weighted by Crippen LogP contribution is -2.26. The summed E-state index contributed by atoms with van der Waals surface area (Å²) in [4.78, 5) is 21.9. The summed E-state index contributed by atoms with van der Waals surface area (Å²) in [5.74, 6) is -0.548. The number of carbonyl (C=O) groups excluding carboxylic acids is 1. The fourth-order valence-corrected chi connectivity index (χ4v) is 2.71. The maximum absolute atomic E-state index is 11.5. The van der Waals surface area contributed by atoms with Crippen molar-refractivity contribution in [3.05, 3.63) is 63.6 Å². The van der Waals surface area contributed by atoms with E-state index in [9.17, 15) is 9.59 Å². The molecule has 0 aliphatic heterocycles. The van der Waals surface area contributed by atoms with E-state index >= 15 is 0 Å². The van der Waals surface area contributed by atoms with E-state index in [1.807, 2.05) is 30.3 Å². The van der Waals surface area contributed by atoms with Crippen LogP contribution in [-0.2, 0) is 22.6 Å². The number of carbonyl (C=O) groups is 2. The van der Waals surface area contributed by atoms with E-state index in [-0.39, 0.29) is 18.7 Å². The molecule has 2 rings (SSSR count). The highest BCUT2D eigenvalue weighted by Crippen LogP contribution is 2.23. The molecule has 0 aliphatic carbocycles. The Kier molecular flexibility index (Phi) is 7.75. The largest absolute Gasteiger partial charge is 0.489 e.